The summed E-state index contributed by atoms with van der Waals surface area (Å²) in [6.45, 7) is 0.447. The molecule has 0 bridgehead atoms. The summed E-state index contributed by atoms with van der Waals surface area (Å²) in [6, 6.07) is 12.5. The Morgan fingerprint density at radius 1 is 1.04 bits per heavy atom. The van der Waals surface area contributed by atoms with Gasteiger partial charge in [-0.25, -0.2) is 16.8 Å². The third kappa shape index (κ3) is 3.98. The van der Waals surface area contributed by atoms with Crippen molar-refractivity contribution in [2.75, 3.05) is 34.8 Å². The van der Waals surface area contributed by atoms with E-state index in [0.29, 0.717) is 29.9 Å². The average Bonchev–Trinajstić information content (AvgIpc) is 2.99. The highest BCUT2D eigenvalue weighted by Crippen LogP contribution is 2.25. The van der Waals surface area contributed by atoms with Crippen LogP contribution >= 0.6 is 0 Å². The number of rotatable bonds is 4. The van der Waals surface area contributed by atoms with Gasteiger partial charge in [-0.05, 0) is 55.0 Å². The van der Waals surface area contributed by atoms with E-state index >= 15 is 0 Å². The predicted molar refractivity (Wildman–Crippen MR) is 104 cm³/mol. The van der Waals surface area contributed by atoms with E-state index in [4.69, 9.17) is 0 Å². The Labute approximate surface area is 159 Å². The highest BCUT2D eigenvalue weighted by Gasteiger charge is 2.28. The van der Waals surface area contributed by atoms with Crippen molar-refractivity contribution in [1.29, 1.82) is 0 Å². The van der Waals surface area contributed by atoms with E-state index in [2.05, 4.69) is 0 Å². The molecule has 7 nitrogen and oxygen atoms in total. The fraction of sp³-hybridized carbons (Fsp3) is 0.278. The molecular formula is C18H20N2O5S2. The maximum Gasteiger partial charge on any atom is 0.258 e. The smallest absolute Gasteiger partial charge is 0.258 e. The van der Waals surface area contributed by atoms with Crippen LogP contribution in [0.2, 0.25) is 0 Å². The van der Waals surface area contributed by atoms with Crippen molar-refractivity contribution >= 4 is 37.1 Å². The van der Waals surface area contributed by atoms with E-state index in [-0.39, 0.29) is 16.6 Å². The summed E-state index contributed by atoms with van der Waals surface area (Å²) in [6.07, 6.45) is 1.72. The first-order valence-electron chi connectivity index (χ1n) is 8.28. The van der Waals surface area contributed by atoms with E-state index < -0.39 is 19.9 Å². The van der Waals surface area contributed by atoms with E-state index in [9.17, 15) is 21.6 Å². The van der Waals surface area contributed by atoms with E-state index in [1.807, 2.05) is 0 Å². The molecule has 2 aromatic carbocycles. The van der Waals surface area contributed by atoms with Crippen molar-refractivity contribution in [3.8, 4) is 0 Å². The van der Waals surface area contributed by atoms with Crippen LogP contribution < -0.4 is 9.21 Å². The Hall–Kier alpha value is -2.39. The molecule has 0 N–H and O–H groups in total. The van der Waals surface area contributed by atoms with Gasteiger partial charge in [-0.3, -0.25) is 9.10 Å². The quantitative estimate of drug-likeness (QED) is 0.771. The SMILES string of the molecule is CN(C(=O)c1ccc(N2CCCS2(=O)=O)cc1)c1ccc(S(C)(=O)=O)cc1. The number of benzene rings is 2. The zero-order valence-electron chi connectivity index (χ0n) is 15.0. The van der Waals surface area contributed by atoms with Crippen molar-refractivity contribution in [3.05, 3.63) is 54.1 Å². The summed E-state index contributed by atoms with van der Waals surface area (Å²) in [4.78, 5) is 14.3. The van der Waals surface area contributed by atoms with Crippen LogP contribution in [0.1, 0.15) is 16.8 Å². The van der Waals surface area contributed by atoms with Crippen LogP contribution in [-0.2, 0) is 19.9 Å². The summed E-state index contributed by atoms with van der Waals surface area (Å²) < 4.78 is 48.4. The molecule has 1 amide bonds. The number of hydrogen-bond acceptors (Lipinski definition) is 5. The number of carbonyl (C=O) groups is 1. The molecule has 1 fully saturated rings. The maximum absolute atomic E-state index is 12.7. The Balaban J connectivity index is 1.79. The summed E-state index contributed by atoms with van der Waals surface area (Å²) in [5.74, 6) is -0.141. The first-order chi connectivity index (χ1) is 12.6. The van der Waals surface area contributed by atoms with Crippen molar-refractivity contribution in [2.45, 2.75) is 11.3 Å². The van der Waals surface area contributed by atoms with Crippen molar-refractivity contribution in [2.24, 2.45) is 0 Å². The number of amides is 1. The Bertz CT molecular complexity index is 1060. The van der Waals surface area contributed by atoms with Gasteiger partial charge in [-0.2, -0.15) is 0 Å². The van der Waals surface area contributed by atoms with Crippen molar-refractivity contribution < 1.29 is 21.6 Å². The molecule has 0 spiro atoms. The highest BCUT2D eigenvalue weighted by atomic mass is 32.2. The van der Waals surface area contributed by atoms with Crippen LogP contribution in [0.25, 0.3) is 0 Å². The number of sulfonamides is 1. The molecule has 0 aliphatic carbocycles. The fourth-order valence-electron chi connectivity index (χ4n) is 2.93. The molecule has 1 aliphatic heterocycles. The topological polar surface area (TPSA) is 91.8 Å². The van der Waals surface area contributed by atoms with Crippen LogP contribution in [0.5, 0.6) is 0 Å². The van der Waals surface area contributed by atoms with Gasteiger partial charge in [0.05, 0.1) is 16.3 Å². The molecular weight excluding hydrogens is 388 g/mol. The van der Waals surface area contributed by atoms with Crippen LogP contribution in [0, 0.1) is 0 Å². The number of hydrogen-bond donors (Lipinski definition) is 0. The molecule has 1 aliphatic rings. The van der Waals surface area contributed by atoms with Crippen LogP contribution in [0.4, 0.5) is 11.4 Å². The van der Waals surface area contributed by atoms with Gasteiger partial charge in [0.25, 0.3) is 5.91 Å². The normalized spacial score (nSPS) is 16.3. The lowest BCUT2D eigenvalue weighted by atomic mass is 10.1. The zero-order chi connectivity index (χ0) is 19.8. The summed E-state index contributed by atoms with van der Waals surface area (Å²) in [5, 5.41) is 0. The number of anilines is 2. The van der Waals surface area contributed by atoms with Gasteiger partial charge in [-0.1, -0.05) is 0 Å². The van der Waals surface area contributed by atoms with Crippen LogP contribution in [-0.4, -0.2) is 48.3 Å². The molecule has 9 heteroatoms. The van der Waals surface area contributed by atoms with Gasteiger partial charge in [0.2, 0.25) is 10.0 Å². The van der Waals surface area contributed by atoms with Crippen LogP contribution in [0.15, 0.2) is 53.4 Å². The fourth-order valence-corrected chi connectivity index (χ4v) is 5.12. The van der Waals surface area contributed by atoms with E-state index in [1.165, 1.54) is 21.3 Å². The lowest BCUT2D eigenvalue weighted by molar-refractivity contribution is 0.0993. The molecule has 3 rings (SSSR count). The standard InChI is InChI=1S/C18H20N2O5S2/c1-19(15-8-10-17(11-9-15)26(2,22)23)18(21)14-4-6-16(7-5-14)20-12-3-13-27(20,24)25/h4-11H,3,12-13H2,1-2H3. The first-order valence-corrected chi connectivity index (χ1v) is 11.8. The molecule has 27 heavy (non-hydrogen) atoms. The average molecular weight is 409 g/mol. The molecule has 0 unspecified atom stereocenters. The van der Waals surface area contributed by atoms with Crippen LogP contribution in [0.3, 0.4) is 0 Å². The zero-order valence-corrected chi connectivity index (χ0v) is 16.6. The number of nitrogens with zero attached hydrogens (tertiary/aromatic N) is 2. The molecule has 144 valence electrons. The second kappa shape index (κ2) is 6.97. The third-order valence-corrected chi connectivity index (χ3v) is 7.46. The maximum atomic E-state index is 12.7. The Morgan fingerprint density at radius 2 is 1.63 bits per heavy atom. The summed E-state index contributed by atoms with van der Waals surface area (Å²) in [5.41, 5.74) is 1.51. The molecule has 1 heterocycles. The van der Waals surface area contributed by atoms with Gasteiger partial charge in [-0.15, -0.1) is 0 Å². The lowest BCUT2D eigenvalue weighted by Gasteiger charge is -2.19. The summed E-state index contributed by atoms with van der Waals surface area (Å²) >= 11 is 0. The molecule has 0 atom stereocenters. The van der Waals surface area contributed by atoms with Gasteiger partial charge < -0.3 is 4.90 Å². The monoisotopic (exact) mass is 408 g/mol. The first kappa shape index (κ1) is 19.4. The molecule has 1 saturated heterocycles. The molecule has 2 aromatic rings. The predicted octanol–water partition coefficient (Wildman–Crippen LogP) is 1.91. The number of carbonyl (C=O) groups excluding carboxylic acids is 1. The third-order valence-electron chi connectivity index (χ3n) is 4.46. The largest absolute Gasteiger partial charge is 0.311 e. The van der Waals surface area contributed by atoms with Crippen molar-refractivity contribution in [1.82, 2.24) is 0 Å². The minimum absolute atomic E-state index is 0.139. The molecule has 0 radical (unpaired) electrons. The minimum Gasteiger partial charge on any atom is -0.311 e. The van der Waals surface area contributed by atoms with Gasteiger partial charge in [0.15, 0.2) is 9.84 Å². The van der Waals surface area contributed by atoms with Crippen molar-refractivity contribution in [3.63, 3.8) is 0 Å². The highest BCUT2D eigenvalue weighted by molar-refractivity contribution is 7.93. The van der Waals surface area contributed by atoms with Gasteiger partial charge in [0, 0.05) is 31.1 Å². The minimum atomic E-state index is -3.30. The molecule has 0 saturated carbocycles. The second-order valence-electron chi connectivity index (χ2n) is 6.42. The summed E-state index contributed by atoms with van der Waals surface area (Å²) in [7, 11) is -4.96. The number of sulfone groups is 1. The van der Waals surface area contributed by atoms with E-state index in [1.54, 1.807) is 43.4 Å². The lowest BCUT2D eigenvalue weighted by Crippen LogP contribution is -2.27. The Kier molecular flexibility index (Phi) is 5.00. The van der Waals surface area contributed by atoms with E-state index in [0.717, 1.165) is 6.26 Å². The second-order valence-corrected chi connectivity index (χ2v) is 10.4. The molecule has 0 aromatic heterocycles. The van der Waals surface area contributed by atoms with Gasteiger partial charge in [0.1, 0.15) is 0 Å². The van der Waals surface area contributed by atoms with Gasteiger partial charge >= 0.3 is 0 Å². The Morgan fingerprint density at radius 3 is 2.11 bits per heavy atom.